The molecule has 1 fully saturated rings. The summed E-state index contributed by atoms with van der Waals surface area (Å²) in [5.41, 5.74) is 3.84. The molecule has 0 aliphatic carbocycles. The smallest absolute Gasteiger partial charge is 0.342 e. The van der Waals surface area contributed by atoms with E-state index >= 15 is 0 Å². The molecule has 0 bridgehead atoms. The molecule has 1 aliphatic heterocycles. The van der Waals surface area contributed by atoms with Crippen LogP contribution in [-0.2, 0) is 28.1 Å². The van der Waals surface area contributed by atoms with E-state index in [0.29, 0.717) is 3.83 Å². The summed E-state index contributed by atoms with van der Waals surface area (Å²) in [7, 11) is -2.83. The fraction of sp³-hybridized carbons (Fsp3) is 0.786. The van der Waals surface area contributed by atoms with Gasteiger partial charge in [0.2, 0.25) is 11.8 Å². The molecule has 0 aromatic carbocycles. The van der Waals surface area contributed by atoms with Crippen LogP contribution in [0.2, 0.25) is 0 Å². The van der Waals surface area contributed by atoms with E-state index in [1.807, 2.05) is 64.1 Å². The molecule has 17 nitrogen and oxygen atoms in total. The van der Waals surface area contributed by atoms with E-state index in [0.717, 1.165) is 0 Å². The van der Waals surface area contributed by atoms with Crippen molar-refractivity contribution in [3.63, 3.8) is 0 Å². The van der Waals surface area contributed by atoms with Gasteiger partial charge < -0.3 is 44.5 Å². The number of aliphatic hydroxyl groups is 3. The molecular formula is C28H49IN7O10P. The van der Waals surface area contributed by atoms with E-state index in [2.05, 4.69) is 25.1 Å². The number of nitrogens with one attached hydrogen (secondary N) is 2. The summed E-state index contributed by atoms with van der Waals surface area (Å²) in [5.74, 6) is -0.680. The lowest BCUT2D eigenvalue weighted by Crippen LogP contribution is -2.46. The molecule has 3 rings (SSSR count). The van der Waals surface area contributed by atoms with Gasteiger partial charge in [-0.2, -0.15) is 9.97 Å². The second-order valence-corrected chi connectivity index (χ2v) is 17.1. The number of halogens is 1. The van der Waals surface area contributed by atoms with E-state index in [1.54, 1.807) is 0 Å². The number of rotatable bonds is 14. The van der Waals surface area contributed by atoms with Crippen molar-refractivity contribution in [3.05, 3.63) is 3.83 Å². The second-order valence-electron chi connectivity index (χ2n) is 14.3. The van der Waals surface area contributed by atoms with Crippen molar-refractivity contribution in [3.8, 4) is 5.88 Å². The Morgan fingerprint density at radius 3 is 2.34 bits per heavy atom. The molecule has 8 atom stereocenters. The molecule has 0 saturated carbocycles. The Hall–Kier alpha value is -1.74. The van der Waals surface area contributed by atoms with Crippen LogP contribution in [0, 0.1) is 14.7 Å². The van der Waals surface area contributed by atoms with Crippen LogP contribution >= 0.6 is 30.3 Å². The van der Waals surface area contributed by atoms with Crippen molar-refractivity contribution >= 4 is 53.3 Å². The van der Waals surface area contributed by atoms with Crippen LogP contribution in [0.4, 0.5) is 5.95 Å². The van der Waals surface area contributed by atoms with Gasteiger partial charge in [-0.25, -0.2) is 15.2 Å². The van der Waals surface area contributed by atoms with E-state index in [1.165, 1.54) is 32.4 Å². The van der Waals surface area contributed by atoms with E-state index in [9.17, 15) is 24.7 Å². The Morgan fingerprint density at radius 1 is 1.15 bits per heavy atom. The molecule has 1 saturated heterocycles. The van der Waals surface area contributed by atoms with E-state index in [-0.39, 0.29) is 47.0 Å². The summed E-state index contributed by atoms with van der Waals surface area (Å²) in [4.78, 5) is 25.5. The van der Waals surface area contributed by atoms with Crippen molar-refractivity contribution in [2.24, 2.45) is 10.8 Å². The number of carbonyl (C=O) groups is 1. The lowest BCUT2D eigenvalue weighted by molar-refractivity contribution is -0.148. The third-order valence-electron chi connectivity index (χ3n) is 6.94. The Bertz CT molecular complexity index is 1450. The highest BCUT2D eigenvalue weighted by Crippen LogP contribution is 2.45. The fourth-order valence-electron chi connectivity index (χ4n) is 4.46. The van der Waals surface area contributed by atoms with Gasteiger partial charge in [-0.05, 0) is 31.6 Å². The van der Waals surface area contributed by atoms with Gasteiger partial charge in [0, 0.05) is 22.6 Å². The Labute approximate surface area is 288 Å². The summed E-state index contributed by atoms with van der Waals surface area (Å²) < 4.78 is 44.1. The standard InChI is InChI=1S/C28H49IN7O10P/c1-14(21(38)43-12-26(3,4)5)34-47(41,35-15(2)22(39)44-13-27(6,7)8)45-11-16-18(37)28(9,40)23(46-16)36-19-17(31-24(36)29)20(42-10)33-25(30)32-19/h14-16,18,21,23,37-38,40H,11-13H2,1-10H3,(H2,30,32,33)(H2,34,35,41)/t14-,15-,16-,18-,21?,23-,28-,47?/m1/s1. The first kappa shape index (κ1) is 39.7. The number of nitrogens with two attached hydrogens (primary N) is 1. The monoisotopic (exact) mass is 801 g/mol. The van der Waals surface area contributed by atoms with Crippen molar-refractivity contribution < 1.29 is 48.2 Å². The van der Waals surface area contributed by atoms with Gasteiger partial charge in [-0.15, -0.1) is 0 Å². The zero-order chi connectivity index (χ0) is 35.7. The predicted octanol–water partition coefficient (Wildman–Crippen LogP) is 2.08. The second kappa shape index (κ2) is 15.0. The summed E-state index contributed by atoms with van der Waals surface area (Å²) in [6.07, 6.45) is -5.43. The molecule has 7 N–H and O–H groups in total. The first-order valence-electron chi connectivity index (χ1n) is 15.1. The number of aromatic nitrogens is 4. The van der Waals surface area contributed by atoms with Gasteiger partial charge in [0.25, 0.3) is 0 Å². The summed E-state index contributed by atoms with van der Waals surface area (Å²) in [6.45, 7) is 15.6. The molecule has 0 spiro atoms. The molecule has 0 radical (unpaired) electrons. The van der Waals surface area contributed by atoms with Crippen LogP contribution in [-0.4, -0.2) is 104 Å². The summed E-state index contributed by atoms with van der Waals surface area (Å²) >= 11 is 1.91. The number of carbonyl (C=O) groups excluding carboxylic acids is 1. The van der Waals surface area contributed by atoms with Gasteiger partial charge in [0.1, 0.15) is 23.9 Å². The Kier molecular flexibility index (Phi) is 12.7. The maximum Gasteiger partial charge on any atom is 0.342 e. The van der Waals surface area contributed by atoms with Gasteiger partial charge in [-0.3, -0.25) is 13.9 Å². The average Bonchev–Trinajstić information content (AvgIpc) is 3.38. The van der Waals surface area contributed by atoms with Gasteiger partial charge >= 0.3 is 13.6 Å². The van der Waals surface area contributed by atoms with Crippen LogP contribution < -0.4 is 20.6 Å². The van der Waals surface area contributed by atoms with Crippen LogP contribution in [0.25, 0.3) is 11.2 Å². The van der Waals surface area contributed by atoms with Crippen LogP contribution in [0.15, 0.2) is 0 Å². The van der Waals surface area contributed by atoms with Crippen molar-refractivity contribution in [1.82, 2.24) is 29.7 Å². The molecular weight excluding hydrogens is 752 g/mol. The van der Waals surface area contributed by atoms with Gasteiger partial charge in [-0.1, -0.05) is 41.5 Å². The first-order valence-corrected chi connectivity index (χ1v) is 17.8. The molecule has 268 valence electrons. The number of imidazole rings is 1. The number of methoxy groups -OCH3 is 1. The largest absolute Gasteiger partial charge is 0.479 e. The maximum atomic E-state index is 14.2. The molecule has 2 aromatic heterocycles. The molecule has 3 heterocycles. The molecule has 2 unspecified atom stereocenters. The topological polar surface area (TPSA) is 235 Å². The third-order valence-corrected chi connectivity index (χ3v) is 9.69. The van der Waals surface area contributed by atoms with E-state index in [4.69, 9.17) is 29.2 Å². The molecule has 47 heavy (non-hydrogen) atoms. The summed E-state index contributed by atoms with van der Waals surface area (Å²) in [5, 5.41) is 38.7. The highest BCUT2D eigenvalue weighted by molar-refractivity contribution is 14.1. The number of ether oxygens (including phenoxy) is 4. The summed E-state index contributed by atoms with van der Waals surface area (Å²) in [6, 6.07) is -2.06. The highest BCUT2D eigenvalue weighted by Gasteiger charge is 2.54. The molecule has 19 heteroatoms. The molecule has 1 aliphatic rings. The number of anilines is 1. The van der Waals surface area contributed by atoms with Crippen LogP contribution in [0.5, 0.6) is 5.88 Å². The quantitative estimate of drug-likeness (QED) is 0.0528. The van der Waals surface area contributed by atoms with Crippen molar-refractivity contribution in [1.29, 1.82) is 0 Å². The highest BCUT2D eigenvalue weighted by atomic mass is 127. The van der Waals surface area contributed by atoms with E-state index < -0.39 is 62.7 Å². The lowest BCUT2D eigenvalue weighted by atomic mass is 9.96. The minimum atomic E-state index is -4.22. The average molecular weight is 802 g/mol. The number of nitrogens with zero attached hydrogens (tertiary/aromatic N) is 4. The maximum absolute atomic E-state index is 14.2. The molecule has 2 aromatic rings. The number of esters is 1. The molecule has 0 amide bonds. The van der Waals surface area contributed by atoms with Crippen molar-refractivity contribution in [2.75, 3.05) is 32.7 Å². The SMILES string of the molecule is COc1nc(N)nc2c1nc(I)n2[C@@H]1O[C@H](COP(=O)(N[C@H](C)C(=O)OCC(C)(C)C)N[C@H](C)C(O)OCC(C)(C)C)[C@@H](O)[C@@]1(C)O. The minimum Gasteiger partial charge on any atom is -0.479 e. The minimum absolute atomic E-state index is 0.109. The zero-order valence-corrected chi connectivity index (χ0v) is 31.5. The fourth-order valence-corrected chi connectivity index (χ4v) is 7.05. The lowest BCUT2D eigenvalue weighted by Gasteiger charge is -2.31. The number of hydrogen-bond acceptors (Lipinski definition) is 14. The van der Waals surface area contributed by atoms with Crippen molar-refractivity contribution in [2.45, 2.75) is 105 Å². The third kappa shape index (κ3) is 10.1. The van der Waals surface area contributed by atoms with Crippen LogP contribution in [0.3, 0.4) is 0 Å². The Balaban J connectivity index is 1.86. The van der Waals surface area contributed by atoms with Gasteiger partial charge in [0.05, 0.1) is 33.0 Å². The van der Waals surface area contributed by atoms with Crippen LogP contribution in [0.1, 0.15) is 68.5 Å². The number of hydrogen-bond donors (Lipinski definition) is 6. The zero-order valence-electron chi connectivity index (χ0n) is 28.5. The number of aliphatic hydroxyl groups excluding tert-OH is 2. The first-order chi connectivity index (χ1) is 21.5. The number of fused-ring (bicyclic) bond motifs is 1. The van der Waals surface area contributed by atoms with Gasteiger partial charge in [0.15, 0.2) is 27.5 Å². The Morgan fingerprint density at radius 2 is 1.77 bits per heavy atom. The normalized spacial score (nSPS) is 25.4. The number of nitrogen functional groups attached to an aromatic ring is 1. The predicted molar refractivity (Wildman–Crippen MR) is 180 cm³/mol.